The molecule has 1 amide bonds. The largest absolute Gasteiger partial charge is 0.393 e. The summed E-state index contributed by atoms with van der Waals surface area (Å²) in [6.45, 7) is -1.41. The molecular formula is C11H11F4NO5. The molecule has 1 fully saturated rings. The molecular weight excluding hydrogens is 302 g/mol. The lowest BCUT2D eigenvalue weighted by Gasteiger charge is -2.31. The minimum Gasteiger partial charge on any atom is -0.393 e. The van der Waals surface area contributed by atoms with E-state index < -0.39 is 61.1 Å². The number of Topliss-reactive ketones (excluding diaryl/α,β-unsaturated/α-hetero) is 1. The predicted molar refractivity (Wildman–Crippen MR) is 57.3 cm³/mol. The van der Waals surface area contributed by atoms with E-state index in [0.717, 1.165) is 0 Å². The Bertz CT molecular complexity index is 499. The summed E-state index contributed by atoms with van der Waals surface area (Å²) in [5.74, 6) is -3.56. The van der Waals surface area contributed by atoms with Gasteiger partial charge in [-0.1, -0.05) is 0 Å². The van der Waals surface area contributed by atoms with Crippen LogP contribution in [0.3, 0.4) is 0 Å². The Kier molecular flexibility index (Phi) is 4.04. The summed E-state index contributed by atoms with van der Waals surface area (Å²) < 4.78 is 57.7. The van der Waals surface area contributed by atoms with E-state index in [2.05, 4.69) is 4.74 Å². The fourth-order valence-corrected chi connectivity index (χ4v) is 2.17. The summed E-state index contributed by atoms with van der Waals surface area (Å²) in [6, 6.07) is 0. The number of allylic oxidation sites excluding steroid dienone is 1. The first-order valence-corrected chi connectivity index (χ1v) is 5.85. The minimum atomic E-state index is -3.45. The first kappa shape index (κ1) is 15.9. The number of nitrogens with zero attached hydrogens (tertiary/aromatic N) is 1. The van der Waals surface area contributed by atoms with Crippen LogP contribution < -0.4 is 0 Å². The van der Waals surface area contributed by atoms with E-state index in [1.54, 1.807) is 0 Å². The lowest BCUT2D eigenvalue weighted by atomic mass is 9.97. The summed E-state index contributed by atoms with van der Waals surface area (Å²) in [5, 5.41) is 18.5. The van der Waals surface area contributed by atoms with Gasteiger partial charge in [0.15, 0.2) is 23.8 Å². The van der Waals surface area contributed by atoms with Gasteiger partial charge >= 0.3 is 0 Å². The monoisotopic (exact) mass is 313 g/mol. The molecule has 4 atom stereocenters. The van der Waals surface area contributed by atoms with E-state index in [1.807, 2.05) is 0 Å². The van der Waals surface area contributed by atoms with E-state index >= 15 is 0 Å². The van der Waals surface area contributed by atoms with Crippen LogP contribution in [-0.4, -0.2) is 63.9 Å². The summed E-state index contributed by atoms with van der Waals surface area (Å²) >= 11 is 0. The second kappa shape index (κ2) is 5.35. The summed E-state index contributed by atoms with van der Waals surface area (Å²) in [7, 11) is 0. The van der Waals surface area contributed by atoms with E-state index in [1.165, 1.54) is 0 Å². The van der Waals surface area contributed by atoms with Crippen LogP contribution in [0.15, 0.2) is 12.0 Å². The second-order valence-electron chi connectivity index (χ2n) is 4.69. The third-order valence-electron chi connectivity index (χ3n) is 3.42. The van der Waals surface area contributed by atoms with Gasteiger partial charge in [0.1, 0.15) is 6.10 Å². The Labute approximate surface area is 115 Å². The average molecular weight is 313 g/mol. The minimum absolute atomic E-state index is 0.296. The van der Waals surface area contributed by atoms with Crippen LogP contribution in [0.2, 0.25) is 0 Å². The van der Waals surface area contributed by atoms with Crippen molar-refractivity contribution in [1.29, 1.82) is 0 Å². The fourth-order valence-electron chi connectivity index (χ4n) is 2.17. The van der Waals surface area contributed by atoms with Crippen molar-refractivity contribution >= 4 is 11.7 Å². The number of ketones is 1. The molecule has 21 heavy (non-hydrogen) atoms. The molecule has 2 N–H and O–H groups in total. The Morgan fingerprint density at radius 2 is 2.10 bits per heavy atom. The van der Waals surface area contributed by atoms with Crippen molar-refractivity contribution in [3.05, 3.63) is 12.0 Å². The number of ether oxygens (including phenoxy) is 1. The van der Waals surface area contributed by atoms with Gasteiger partial charge in [-0.2, -0.15) is 0 Å². The van der Waals surface area contributed by atoms with Crippen molar-refractivity contribution in [2.75, 3.05) is 6.61 Å². The summed E-state index contributed by atoms with van der Waals surface area (Å²) in [6.07, 6.45) is -11.0. The van der Waals surface area contributed by atoms with Gasteiger partial charge in [0.05, 0.1) is 13.0 Å². The van der Waals surface area contributed by atoms with E-state index in [9.17, 15) is 32.3 Å². The zero-order valence-electron chi connectivity index (χ0n) is 10.4. The molecule has 0 aromatic rings. The van der Waals surface area contributed by atoms with Gasteiger partial charge in [0.25, 0.3) is 6.43 Å². The summed E-state index contributed by atoms with van der Waals surface area (Å²) in [4.78, 5) is 22.8. The molecule has 0 aliphatic carbocycles. The first-order chi connectivity index (χ1) is 9.74. The number of aliphatic hydroxyl groups is 2. The van der Waals surface area contributed by atoms with Crippen LogP contribution in [0.5, 0.6) is 0 Å². The van der Waals surface area contributed by atoms with Gasteiger partial charge in [0, 0.05) is 6.20 Å². The number of carbonyl (C=O) groups excluding carboxylic acids is 2. The van der Waals surface area contributed by atoms with E-state index in [-0.39, 0.29) is 0 Å². The molecule has 6 nitrogen and oxygen atoms in total. The number of halogens is 4. The normalized spacial score (nSPS) is 37.4. The Balaban J connectivity index is 2.34. The highest BCUT2D eigenvalue weighted by Crippen LogP contribution is 2.39. The van der Waals surface area contributed by atoms with Gasteiger partial charge in [0.2, 0.25) is 11.7 Å². The zero-order chi connectivity index (χ0) is 15.9. The molecule has 2 rings (SSSR count). The van der Waals surface area contributed by atoms with Crippen LogP contribution in [0.1, 0.15) is 6.42 Å². The number of hydrogen-bond acceptors (Lipinski definition) is 5. The number of rotatable bonds is 3. The molecule has 0 radical (unpaired) electrons. The van der Waals surface area contributed by atoms with Crippen molar-refractivity contribution in [3.63, 3.8) is 0 Å². The van der Waals surface area contributed by atoms with Crippen LogP contribution in [-0.2, 0) is 14.3 Å². The molecule has 118 valence electrons. The van der Waals surface area contributed by atoms with Crippen molar-refractivity contribution in [2.45, 2.75) is 37.0 Å². The molecule has 1 saturated heterocycles. The van der Waals surface area contributed by atoms with Crippen LogP contribution >= 0.6 is 0 Å². The third-order valence-corrected chi connectivity index (χ3v) is 3.42. The first-order valence-electron chi connectivity index (χ1n) is 5.85. The fraction of sp³-hybridized carbons (Fsp3) is 0.636. The summed E-state index contributed by atoms with van der Waals surface area (Å²) in [5.41, 5.74) is -2.92. The van der Waals surface area contributed by atoms with Gasteiger partial charge in [-0.05, 0) is 0 Å². The SMILES string of the molecule is O=C1CC(=O)N([C@@H]2O[C@@](CO)(C(F)F)[C@@H](O)[C@@H]2F)C=C1F. The van der Waals surface area contributed by atoms with Crippen molar-refractivity contribution in [3.8, 4) is 0 Å². The number of carbonyl (C=O) groups is 2. The highest BCUT2D eigenvalue weighted by molar-refractivity contribution is 6.08. The number of aliphatic hydroxyl groups excluding tert-OH is 2. The molecule has 0 unspecified atom stereocenters. The maximum absolute atomic E-state index is 14.0. The molecule has 0 bridgehead atoms. The second-order valence-corrected chi connectivity index (χ2v) is 4.69. The quantitative estimate of drug-likeness (QED) is 0.549. The zero-order valence-corrected chi connectivity index (χ0v) is 10.4. The number of amides is 1. The Morgan fingerprint density at radius 3 is 2.57 bits per heavy atom. The molecule has 0 aromatic carbocycles. The molecule has 2 aliphatic rings. The van der Waals surface area contributed by atoms with Crippen LogP contribution in [0, 0.1) is 0 Å². The molecule has 0 spiro atoms. The molecule has 10 heteroatoms. The lowest BCUT2D eigenvalue weighted by Crippen LogP contribution is -2.51. The number of hydrogen-bond donors (Lipinski definition) is 2. The van der Waals surface area contributed by atoms with Crippen LogP contribution in [0.25, 0.3) is 0 Å². The highest BCUT2D eigenvalue weighted by atomic mass is 19.3. The van der Waals surface area contributed by atoms with Crippen LogP contribution in [0.4, 0.5) is 17.6 Å². The lowest BCUT2D eigenvalue weighted by molar-refractivity contribution is -0.202. The molecule has 0 aromatic heterocycles. The predicted octanol–water partition coefficient (Wildman–Crippen LogP) is -0.350. The smallest absolute Gasteiger partial charge is 0.272 e. The molecule has 0 saturated carbocycles. The molecule has 2 heterocycles. The Morgan fingerprint density at radius 1 is 1.48 bits per heavy atom. The standard InChI is InChI=1S/C11H11F4NO5/c12-4-2-16(6(19)1-5(4)18)9-7(13)8(20)11(3-17,21-9)10(14)15/h2,7-10,17,20H,1,3H2/t7-,8-,9+,11+/m0/s1. The maximum atomic E-state index is 14.0. The van der Waals surface area contributed by atoms with E-state index in [4.69, 9.17) is 5.11 Å². The average Bonchev–Trinajstić information content (AvgIpc) is 2.68. The number of alkyl halides is 3. The van der Waals surface area contributed by atoms with Gasteiger partial charge in [-0.3, -0.25) is 14.5 Å². The van der Waals surface area contributed by atoms with Crippen molar-refractivity contribution in [2.24, 2.45) is 0 Å². The van der Waals surface area contributed by atoms with Gasteiger partial charge in [-0.15, -0.1) is 0 Å². The Hall–Kier alpha value is -1.52. The maximum Gasteiger partial charge on any atom is 0.272 e. The third kappa shape index (κ3) is 2.32. The van der Waals surface area contributed by atoms with Crippen molar-refractivity contribution < 1.29 is 42.1 Å². The van der Waals surface area contributed by atoms with Crippen molar-refractivity contribution in [1.82, 2.24) is 4.90 Å². The van der Waals surface area contributed by atoms with Gasteiger partial charge in [-0.25, -0.2) is 17.6 Å². The van der Waals surface area contributed by atoms with E-state index in [0.29, 0.717) is 11.1 Å². The van der Waals surface area contributed by atoms with Gasteiger partial charge < -0.3 is 14.9 Å². The topological polar surface area (TPSA) is 87.1 Å². The highest BCUT2D eigenvalue weighted by Gasteiger charge is 2.62. The molecule has 2 aliphatic heterocycles.